The Balaban J connectivity index is 1.64. The smallest absolute Gasteiger partial charge is 0.277 e. The molecule has 5 heteroatoms. The highest BCUT2D eigenvalue weighted by Gasteiger charge is 2.25. The number of benzene rings is 1. The van der Waals surface area contributed by atoms with E-state index in [2.05, 4.69) is 20.9 Å². The Bertz CT molecular complexity index is 796. The van der Waals surface area contributed by atoms with Crippen LogP contribution in [0.2, 0.25) is 0 Å². The lowest BCUT2D eigenvalue weighted by atomic mass is 10.0. The molecule has 0 radical (unpaired) electrons. The van der Waals surface area contributed by atoms with Crippen molar-refractivity contribution in [3.8, 4) is 0 Å². The molecule has 2 aromatic rings. The number of anilines is 2. The van der Waals surface area contributed by atoms with Gasteiger partial charge in [-0.2, -0.15) is 0 Å². The van der Waals surface area contributed by atoms with Gasteiger partial charge in [-0.25, -0.2) is 9.97 Å². The Hall–Kier alpha value is -2.43. The Morgan fingerprint density at radius 3 is 2.54 bits per heavy atom. The van der Waals surface area contributed by atoms with E-state index in [0.717, 1.165) is 44.0 Å². The summed E-state index contributed by atoms with van der Waals surface area (Å²) in [6, 6.07) is 10.1. The Labute approximate surface area is 155 Å². The number of aromatic nitrogens is 2. The summed E-state index contributed by atoms with van der Waals surface area (Å²) >= 11 is 0. The van der Waals surface area contributed by atoms with Gasteiger partial charge in [-0.15, -0.1) is 0 Å². The highest BCUT2D eigenvalue weighted by Crippen LogP contribution is 2.28. The maximum Gasteiger partial charge on any atom is 0.277 e. The van der Waals surface area contributed by atoms with E-state index in [1.54, 1.807) is 0 Å². The van der Waals surface area contributed by atoms with Crippen molar-refractivity contribution >= 4 is 17.4 Å². The van der Waals surface area contributed by atoms with Gasteiger partial charge in [0.15, 0.2) is 0 Å². The molecule has 1 aromatic heterocycles. The van der Waals surface area contributed by atoms with Crippen molar-refractivity contribution in [3.63, 3.8) is 0 Å². The molecule has 1 fully saturated rings. The number of amides is 1. The molecule has 0 saturated carbocycles. The number of aryl methyl sites for hydroxylation is 2. The maximum absolute atomic E-state index is 13.2. The average molecular weight is 350 g/mol. The van der Waals surface area contributed by atoms with Gasteiger partial charge < -0.3 is 9.80 Å². The third-order valence-corrected chi connectivity index (χ3v) is 5.33. The van der Waals surface area contributed by atoms with E-state index >= 15 is 0 Å². The highest BCUT2D eigenvalue weighted by molar-refractivity contribution is 6.05. The monoisotopic (exact) mass is 350 g/mol. The molecular weight excluding hydrogens is 324 g/mol. The lowest BCUT2D eigenvalue weighted by Crippen LogP contribution is -2.36. The number of nitrogens with zero attached hydrogens (tertiary/aromatic N) is 4. The molecule has 2 aliphatic rings. The molecule has 0 unspecified atom stereocenters. The van der Waals surface area contributed by atoms with Crippen LogP contribution < -0.4 is 9.80 Å². The van der Waals surface area contributed by atoms with Crippen LogP contribution in [-0.4, -0.2) is 35.5 Å². The summed E-state index contributed by atoms with van der Waals surface area (Å²) in [6.07, 6.45) is 6.94. The molecule has 26 heavy (non-hydrogen) atoms. The zero-order valence-corrected chi connectivity index (χ0v) is 15.4. The molecule has 0 aliphatic carbocycles. The van der Waals surface area contributed by atoms with E-state index < -0.39 is 0 Å². The molecule has 3 heterocycles. The molecule has 136 valence electrons. The average Bonchev–Trinajstić information content (AvgIpc) is 2.96. The molecule has 4 rings (SSSR count). The largest absolute Gasteiger partial charge is 0.356 e. The fraction of sp³-hybridized carbons (Fsp3) is 0.476. The second kappa shape index (κ2) is 7.44. The third kappa shape index (κ3) is 3.43. The van der Waals surface area contributed by atoms with Crippen LogP contribution in [0.3, 0.4) is 0 Å². The second-order valence-corrected chi connectivity index (χ2v) is 7.25. The number of para-hydroxylation sites is 1. The molecule has 0 spiro atoms. The SMILES string of the molecule is Cc1nc(C(=O)N2CCCc3ccccc32)cc(N2CCCCCC2)n1. The standard InChI is InChI=1S/C21H26N4O/c1-16-22-18(15-20(23-16)24-12-6-2-3-7-13-24)21(26)25-14-8-10-17-9-4-5-11-19(17)25/h4-5,9,11,15H,2-3,6-8,10,12-14H2,1H3. The predicted molar refractivity (Wildman–Crippen MR) is 104 cm³/mol. The first-order chi connectivity index (χ1) is 12.7. The van der Waals surface area contributed by atoms with Crippen molar-refractivity contribution in [1.82, 2.24) is 9.97 Å². The van der Waals surface area contributed by atoms with E-state index in [9.17, 15) is 4.79 Å². The molecule has 0 N–H and O–H groups in total. The lowest BCUT2D eigenvalue weighted by Gasteiger charge is -2.29. The Kier molecular flexibility index (Phi) is 4.87. The van der Waals surface area contributed by atoms with Crippen LogP contribution in [0.25, 0.3) is 0 Å². The third-order valence-electron chi connectivity index (χ3n) is 5.33. The van der Waals surface area contributed by atoms with Crippen LogP contribution in [-0.2, 0) is 6.42 Å². The topological polar surface area (TPSA) is 49.3 Å². The summed E-state index contributed by atoms with van der Waals surface area (Å²) in [5.74, 6) is 1.55. The van der Waals surface area contributed by atoms with Crippen molar-refractivity contribution in [1.29, 1.82) is 0 Å². The molecule has 1 aromatic carbocycles. The van der Waals surface area contributed by atoms with Gasteiger partial charge in [0.1, 0.15) is 17.3 Å². The Morgan fingerprint density at radius 2 is 1.73 bits per heavy atom. The highest BCUT2D eigenvalue weighted by atomic mass is 16.2. The van der Waals surface area contributed by atoms with Crippen LogP contribution in [0.4, 0.5) is 11.5 Å². The second-order valence-electron chi connectivity index (χ2n) is 7.25. The van der Waals surface area contributed by atoms with Gasteiger partial charge in [-0.3, -0.25) is 4.79 Å². The number of carbonyl (C=O) groups excluding carboxylic acids is 1. The fourth-order valence-electron chi connectivity index (χ4n) is 4.01. The minimum Gasteiger partial charge on any atom is -0.356 e. The molecule has 0 bridgehead atoms. The zero-order chi connectivity index (χ0) is 17.9. The van der Waals surface area contributed by atoms with Crippen molar-refractivity contribution < 1.29 is 4.79 Å². The maximum atomic E-state index is 13.2. The van der Waals surface area contributed by atoms with Gasteiger partial charge in [0, 0.05) is 31.4 Å². The van der Waals surface area contributed by atoms with Crippen LogP contribution >= 0.6 is 0 Å². The summed E-state index contributed by atoms with van der Waals surface area (Å²) in [5, 5.41) is 0. The summed E-state index contributed by atoms with van der Waals surface area (Å²) in [5.41, 5.74) is 2.77. The fourth-order valence-corrected chi connectivity index (χ4v) is 4.01. The summed E-state index contributed by atoms with van der Waals surface area (Å²) in [4.78, 5) is 26.5. The number of hydrogen-bond donors (Lipinski definition) is 0. The molecule has 2 aliphatic heterocycles. The molecule has 0 atom stereocenters. The minimum atomic E-state index is -0.0151. The molecule has 1 amide bonds. The summed E-state index contributed by atoms with van der Waals surface area (Å²) in [6.45, 7) is 4.65. The quantitative estimate of drug-likeness (QED) is 0.827. The van der Waals surface area contributed by atoms with E-state index in [-0.39, 0.29) is 5.91 Å². The van der Waals surface area contributed by atoms with Crippen molar-refractivity contribution in [2.24, 2.45) is 0 Å². The van der Waals surface area contributed by atoms with Gasteiger partial charge in [-0.05, 0) is 44.2 Å². The summed E-state index contributed by atoms with van der Waals surface area (Å²) in [7, 11) is 0. The van der Waals surface area contributed by atoms with Gasteiger partial charge in [0.05, 0.1) is 0 Å². The zero-order valence-electron chi connectivity index (χ0n) is 15.4. The van der Waals surface area contributed by atoms with Gasteiger partial charge >= 0.3 is 0 Å². The van der Waals surface area contributed by atoms with Gasteiger partial charge in [-0.1, -0.05) is 31.0 Å². The van der Waals surface area contributed by atoms with E-state index in [4.69, 9.17) is 0 Å². The van der Waals surface area contributed by atoms with Crippen molar-refractivity contribution in [3.05, 3.63) is 47.4 Å². The van der Waals surface area contributed by atoms with Crippen LogP contribution in [0, 0.1) is 6.92 Å². The van der Waals surface area contributed by atoms with Gasteiger partial charge in [0.2, 0.25) is 0 Å². The number of rotatable bonds is 2. The first-order valence-electron chi connectivity index (χ1n) is 9.73. The Morgan fingerprint density at radius 1 is 0.962 bits per heavy atom. The van der Waals surface area contributed by atoms with Crippen molar-refractivity contribution in [2.45, 2.75) is 45.4 Å². The number of carbonyl (C=O) groups is 1. The molecular formula is C21H26N4O. The normalized spacial score (nSPS) is 17.6. The number of fused-ring (bicyclic) bond motifs is 1. The molecule has 5 nitrogen and oxygen atoms in total. The van der Waals surface area contributed by atoms with Gasteiger partial charge in [0.25, 0.3) is 5.91 Å². The lowest BCUT2D eigenvalue weighted by molar-refractivity contribution is 0.0980. The minimum absolute atomic E-state index is 0.0151. The predicted octanol–water partition coefficient (Wildman–Crippen LogP) is 3.76. The van der Waals surface area contributed by atoms with E-state index in [1.807, 2.05) is 36.1 Å². The first kappa shape index (κ1) is 17.0. The summed E-state index contributed by atoms with van der Waals surface area (Å²) < 4.78 is 0. The van der Waals surface area contributed by atoms with Crippen LogP contribution in [0.1, 0.15) is 54.0 Å². The van der Waals surface area contributed by atoms with Crippen molar-refractivity contribution in [2.75, 3.05) is 29.4 Å². The van der Waals surface area contributed by atoms with E-state index in [0.29, 0.717) is 11.5 Å². The number of hydrogen-bond acceptors (Lipinski definition) is 4. The van der Waals surface area contributed by atoms with Crippen LogP contribution in [0.15, 0.2) is 30.3 Å². The molecule has 1 saturated heterocycles. The van der Waals surface area contributed by atoms with Crippen LogP contribution in [0.5, 0.6) is 0 Å². The van der Waals surface area contributed by atoms with E-state index in [1.165, 1.54) is 31.2 Å². The first-order valence-corrected chi connectivity index (χ1v) is 9.73.